The highest BCUT2D eigenvalue weighted by Gasteiger charge is 2.16. The van der Waals surface area contributed by atoms with Gasteiger partial charge in [0, 0.05) is 11.8 Å². The van der Waals surface area contributed by atoms with Crippen LogP contribution in [0.5, 0.6) is 11.5 Å². The molecule has 0 bridgehead atoms. The number of oxazole rings is 1. The molecule has 0 aliphatic carbocycles. The third-order valence-corrected chi connectivity index (χ3v) is 2.36. The molecule has 0 fully saturated rings. The van der Waals surface area contributed by atoms with E-state index in [2.05, 4.69) is 0 Å². The number of nitrogens with zero attached hydrogens (tertiary/aromatic N) is 1. The van der Waals surface area contributed by atoms with E-state index in [-0.39, 0.29) is 5.58 Å². The summed E-state index contributed by atoms with van der Waals surface area (Å²) in [5.41, 5.74) is 0.719. The first-order valence-corrected chi connectivity index (χ1v) is 4.45. The average molecular weight is 230 g/mol. The predicted molar refractivity (Wildman–Crippen MR) is 54.8 cm³/mol. The molecule has 0 saturated carbocycles. The maximum atomic E-state index is 11.2. The lowest BCUT2D eigenvalue weighted by Crippen LogP contribution is -2.02. The molecule has 0 atom stereocenters. The zero-order valence-corrected chi connectivity index (χ0v) is 8.87. The SMILES string of the molecule is COc1ccc2c(oc(=O)n2Cl)c1OC. The summed E-state index contributed by atoms with van der Waals surface area (Å²) in [6, 6.07) is 3.27. The van der Waals surface area contributed by atoms with E-state index < -0.39 is 5.76 Å². The van der Waals surface area contributed by atoms with Crippen LogP contribution in [-0.4, -0.2) is 18.3 Å². The van der Waals surface area contributed by atoms with Crippen molar-refractivity contribution in [3.8, 4) is 11.5 Å². The maximum absolute atomic E-state index is 11.2. The van der Waals surface area contributed by atoms with Crippen LogP contribution >= 0.6 is 11.8 Å². The molecule has 0 aliphatic heterocycles. The summed E-state index contributed by atoms with van der Waals surface area (Å²) >= 11 is 5.68. The van der Waals surface area contributed by atoms with Gasteiger partial charge in [-0.25, -0.2) is 4.79 Å². The van der Waals surface area contributed by atoms with Crippen LogP contribution in [0, 0.1) is 0 Å². The normalized spacial score (nSPS) is 10.6. The highest BCUT2D eigenvalue weighted by atomic mass is 35.5. The number of halogens is 1. The van der Waals surface area contributed by atoms with Gasteiger partial charge in [0.25, 0.3) is 0 Å². The second-order valence-electron chi connectivity index (χ2n) is 2.80. The largest absolute Gasteiger partial charge is 0.493 e. The highest BCUT2D eigenvalue weighted by Crippen LogP contribution is 2.34. The minimum atomic E-state index is -0.654. The van der Waals surface area contributed by atoms with Gasteiger partial charge >= 0.3 is 5.76 Å². The summed E-state index contributed by atoms with van der Waals surface area (Å²) in [5.74, 6) is 0.181. The van der Waals surface area contributed by atoms with Gasteiger partial charge in [-0.2, -0.15) is 4.09 Å². The van der Waals surface area contributed by atoms with E-state index in [1.807, 2.05) is 0 Å². The van der Waals surface area contributed by atoms with Crippen molar-refractivity contribution >= 4 is 22.9 Å². The molecule has 0 aliphatic rings. The second-order valence-corrected chi connectivity index (χ2v) is 3.14. The first kappa shape index (κ1) is 9.92. The molecule has 80 valence electrons. The van der Waals surface area contributed by atoms with E-state index in [4.69, 9.17) is 25.7 Å². The highest BCUT2D eigenvalue weighted by molar-refractivity contribution is 6.18. The van der Waals surface area contributed by atoms with Crippen molar-refractivity contribution in [3.63, 3.8) is 0 Å². The quantitative estimate of drug-likeness (QED) is 0.785. The molecule has 2 rings (SSSR count). The van der Waals surface area contributed by atoms with Gasteiger partial charge in [0.2, 0.25) is 11.3 Å². The van der Waals surface area contributed by atoms with Gasteiger partial charge in [0.15, 0.2) is 5.75 Å². The minimum absolute atomic E-state index is 0.275. The Balaban J connectivity index is 2.88. The summed E-state index contributed by atoms with van der Waals surface area (Å²) in [6.07, 6.45) is 0. The number of ether oxygens (including phenoxy) is 2. The number of rotatable bonds is 2. The molecule has 0 saturated heterocycles. The number of aromatic nitrogens is 1. The molecule has 0 amide bonds. The molecule has 2 aromatic rings. The van der Waals surface area contributed by atoms with Crippen LogP contribution in [0.4, 0.5) is 0 Å². The molecule has 0 radical (unpaired) electrons. The molecule has 0 N–H and O–H groups in total. The van der Waals surface area contributed by atoms with Gasteiger partial charge in [-0.05, 0) is 12.1 Å². The number of methoxy groups -OCH3 is 2. The summed E-state index contributed by atoms with van der Waals surface area (Å²) in [4.78, 5) is 11.2. The number of hydrogen-bond acceptors (Lipinski definition) is 4. The van der Waals surface area contributed by atoms with Crippen molar-refractivity contribution < 1.29 is 13.9 Å². The van der Waals surface area contributed by atoms with E-state index in [0.717, 1.165) is 4.09 Å². The summed E-state index contributed by atoms with van der Waals surface area (Å²) in [6.45, 7) is 0. The lowest BCUT2D eigenvalue weighted by Gasteiger charge is -2.06. The van der Waals surface area contributed by atoms with E-state index in [0.29, 0.717) is 17.0 Å². The zero-order valence-electron chi connectivity index (χ0n) is 8.11. The maximum Gasteiger partial charge on any atom is 0.435 e. The second kappa shape index (κ2) is 3.51. The summed E-state index contributed by atoms with van der Waals surface area (Å²) < 4.78 is 16.0. The van der Waals surface area contributed by atoms with Gasteiger partial charge in [0.1, 0.15) is 5.52 Å². The van der Waals surface area contributed by atoms with Gasteiger partial charge in [0.05, 0.1) is 14.2 Å². The lowest BCUT2D eigenvalue weighted by atomic mass is 10.3. The fourth-order valence-corrected chi connectivity index (χ4v) is 1.53. The average Bonchev–Trinajstić information content (AvgIpc) is 2.54. The van der Waals surface area contributed by atoms with E-state index in [1.54, 1.807) is 12.1 Å². The van der Waals surface area contributed by atoms with Gasteiger partial charge in [-0.15, -0.1) is 0 Å². The minimum Gasteiger partial charge on any atom is -0.493 e. The lowest BCUT2D eigenvalue weighted by molar-refractivity contribution is 0.352. The van der Waals surface area contributed by atoms with Crippen molar-refractivity contribution in [1.82, 2.24) is 4.09 Å². The molecule has 1 aromatic carbocycles. The van der Waals surface area contributed by atoms with Gasteiger partial charge in [-0.1, -0.05) is 0 Å². The van der Waals surface area contributed by atoms with Crippen LogP contribution in [0.25, 0.3) is 11.1 Å². The van der Waals surface area contributed by atoms with E-state index in [9.17, 15) is 4.79 Å². The monoisotopic (exact) mass is 229 g/mol. The first-order chi connectivity index (χ1) is 7.19. The molecule has 0 unspecified atom stereocenters. The van der Waals surface area contributed by atoms with Crippen LogP contribution in [-0.2, 0) is 0 Å². The Labute approximate surface area is 89.9 Å². The van der Waals surface area contributed by atoms with Crippen molar-refractivity contribution in [2.75, 3.05) is 14.2 Å². The Morgan fingerprint density at radius 3 is 2.67 bits per heavy atom. The molecule has 6 heteroatoms. The Kier molecular flexibility index (Phi) is 2.32. The summed E-state index contributed by atoms with van der Waals surface area (Å²) in [5, 5.41) is 0. The standard InChI is InChI=1S/C9H8ClNO4/c1-13-6-4-3-5-7(8(6)14-2)15-9(12)11(5)10/h3-4H,1-2H3. The van der Waals surface area contributed by atoms with Gasteiger partial charge < -0.3 is 13.9 Å². The third kappa shape index (κ3) is 1.35. The zero-order chi connectivity index (χ0) is 11.0. The van der Waals surface area contributed by atoms with E-state index >= 15 is 0 Å². The van der Waals surface area contributed by atoms with Crippen molar-refractivity contribution in [1.29, 1.82) is 0 Å². The molecular formula is C9H8ClNO4. The predicted octanol–water partition coefficient (Wildman–Crippen LogP) is 1.61. The number of benzene rings is 1. The molecule has 0 spiro atoms. The van der Waals surface area contributed by atoms with Crippen molar-refractivity contribution in [3.05, 3.63) is 22.7 Å². The summed E-state index contributed by atoms with van der Waals surface area (Å²) in [7, 11) is 2.96. The Morgan fingerprint density at radius 2 is 2.07 bits per heavy atom. The number of fused-ring (bicyclic) bond motifs is 1. The molecule has 1 aromatic heterocycles. The van der Waals surface area contributed by atoms with E-state index in [1.165, 1.54) is 14.2 Å². The van der Waals surface area contributed by atoms with Crippen LogP contribution in [0.3, 0.4) is 0 Å². The van der Waals surface area contributed by atoms with Crippen molar-refractivity contribution in [2.45, 2.75) is 0 Å². The van der Waals surface area contributed by atoms with Crippen LogP contribution in [0.2, 0.25) is 0 Å². The molecule has 15 heavy (non-hydrogen) atoms. The van der Waals surface area contributed by atoms with Gasteiger partial charge in [-0.3, -0.25) is 0 Å². The smallest absolute Gasteiger partial charge is 0.435 e. The topological polar surface area (TPSA) is 53.6 Å². The number of hydrogen-bond donors (Lipinski definition) is 0. The van der Waals surface area contributed by atoms with Crippen LogP contribution in [0.15, 0.2) is 21.3 Å². The fraction of sp³-hybridized carbons (Fsp3) is 0.222. The molecular weight excluding hydrogens is 222 g/mol. The Morgan fingerprint density at radius 1 is 1.33 bits per heavy atom. The fourth-order valence-electron chi connectivity index (χ4n) is 1.37. The van der Waals surface area contributed by atoms with Crippen LogP contribution in [0.1, 0.15) is 0 Å². The Hall–Kier alpha value is -1.62. The third-order valence-electron chi connectivity index (χ3n) is 2.04. The van der Waals surface area contributed by atoms with Crippen molar-refractivity contribution in [2.24, 2.45) is 0 Å². The van der Waals surface area contributed by atoms with Crippen LogP contribution < -0.4 is 15.2 Å². The molecule has 5 nitrogen and oxygen atoms in total. The first-order valence-electron chi connectivity index (χ1n) is 4.11. The Bertz CT molecular complexity index is 557. The molecule has 1 heterocycles.